The summed E-state index contributed by atoms with van der Waals surface area (Å²) in [5, 5.41) is 4.41. The average molecular weight is 624 g/mol. The molecule has 0 bridgehead atoms. The van der Waals surface area contributed by atoms with E-state index in [1.165, 1.54) is 5.56 Å². The molecule has 4 nitrogen and oxygen atoms in total. The number of benzene rings is 6. The van der Waals surface area contributed by atoms with Crippen LogP contribution in [-0.4, -0.2) is 10.4 Å². The molecule has 8 aromatic rings. The van der Waals surface area contributed by atoms with Crippen LogP contribution in [0.3, 0.4) is 0 Å². The Balaban J connectivity index is 0.00000300. The molecular formula is C38H27BrN2O2. The summed E-state index contributed by atoms with van der Waals surface area (Å²) in [7, 11) is 0. The Hall–Kier alpha value is -5.00. The van der Waals surface area contributed by atoms with E-state index in [4.69, 9.17) is 4.42 Å². The number of carbonyl (C=O) groups excluding carboxylic acids is 1. The number of carbonyl (C=O) groups is 1. The van der Waals surface area contributed by atoms with Crippen molar-refractivity contribution in [3.8, 4) is 0 Å². The van der Waals surface area contributed by atoms with Gasteiger partial charge in [0.2, 0.25) is 12.1 Å². The Kier molecular flexibility index (Phi) is 6.88. The van der Waals surface area contributed by atoms with Crippen molar-refractivity contribution in [3.05, 3.63) is 163 Å². The third-order valence-corrected chi connectivity index (χ3v) is 8.23. The minimum Gasteiger partial charge on any atom is -1.00 e. The lowest BCUT2D eigenvalue weighted by Crippen LogP contribution is -3.00. The summed E-state index contributed by atoms with van der Waals surface area (Å²) in [4.78, 5) is 13.6. The molecule has 0 aliphatic carbocycles. The first-order valence-corrected chi connectivity index (χ1v) is 14.2. The monoisotopic (exact) mass is 622 g/mol. The molecule has 0 radical (unpaired) electrons. The molecule has 0 aliphatic rings. The number of hydrogen-bond acceptors (Lipinski definition) is 2. The quantitative estimate of drug-likeness (QED) is 0.181. The van der Waals surface area contributed by atoms with Gasteiger partial charge >= 0.3 is 0 Å². The Bertz CT molecular complexity index is 2270. The van der Waals surface area contributed by atoms with Gasteiger partial charge in [0, 0.05) is 27.5 Å². The second-order valence-corrected chi connectivity index (χ2v) is 10.8. The average Bonchev–Trinajstić information content (AvgIpc) is 3.59. The van der Waals surface area contributed by atoms with Gasteiger partial charge in [0.25, 0.3) is 0 Å². The van der Waals surface area contributed by atoms with E-state index in [-0.39, 0.29) is 35.4 Å². The van der Waals surface area contributed by atoms with Gasteiger partial charge in [-0.2, -0.15) is 0 Å². The molecule has 0 saturated carbocycles. The number of Topliss-reactive ketones (excluding diaryl/α,β-unsaturated/α-hetero) is 1. The van der Waals surface area contributed by atoms with E-state index in [0.29, 0.717) is 0 Å². The number of para-hydroxylation sites is 3. The molecule has 1 atom stereocenters. The summed E-state index contributed by atoms with van der Waals surface area (Å²) in [6.45, 7) is 0.249. The molecule has 6 aromatic carbocycles. The van der Waals surface area contributed by atoms with E-state index in [0.717, 1.165) is 54.9 Å². The molecule has 5 heteroatoms. The van der Waals surface area contributed by atoms with E-state index in [2.05, 4.69) is 94.3 Å². The number of imidazole rings is 1. The SMILES string of the molecule is O=C(C[n+]1cn(C(c2ccccc2)c2ccc3oc4ccccc4c3c2)c2ccccc21)c1ccc2ccccc2c1.[Br-]. The number of hydrogen-bond donors (Lipinski definition) is 0. The van der Waals surface area contributed by atoms with Crippen molar-refractivity contribution in [3.63, 3.8) is 0 Å². The van der Waals surface area contributed by atoms with Crippen molar-refractivity contribution in [2.45, 2.75) is 12.6 Å². The maximum absolute atomic E-state index is 13.6. The van der Waals surface area contributed by atoms with E-state index in [9.17, 15) is 4.79 Å². The van der Waals surface area contributed by atoms with Crippen LogP contribution < -0.4 is 21.5 Å². The summed E-state index contributed by atoms with van der Waals surface area (Å²) in [6.07, 6.45) is 2.10. The molecule has 208 valence electrons. The largest absolute Gasteiger partial charge is 1.00 e. The van der Waals surface area contributed by atoms with Crippen LogP contribution in [-0.2, 0) is 6.54 Å². The molecule has 8 rings (SSSR count). The van der Waals surface area contributed by atoms with Crippen LogP contribution in [0, 0.1) is 0 Å². The van der Waals surface area contributed by atoms with Crippen molar-refractivity contribution < 1.29 is 30.8 Å². The molecule has 43 heavy (non-hydrogen) atoms. The molecule has 2 aromatic heterocycles. The van der Waals surface area contributed by atoms with E-state index in [1.54, 1.807) is 0 Å². The van der Waals surface area contributed by atoms with Crippen molar-refractivity contribution in [1.82, 2.24) is 4.57 Å². The van der Waals surface area contributed by atoms with Gasteiger partial charge < -0.3 is 21.4 Å². The van der Waals surface area contributed by atoms with Gasteiger partial charge in [-0.3, -0.25) is 4.79 Å². The number of aromatic nitrogens is 2. The van der Waals surface area contributed by atoms with Gasteiger partial charge in [-0.1, -0.05) is 103 Å². The lowest BCUT2D eigenvalue weighted by Gasteiger charge is -2.16. The molecule has 0 saturated heterocycles. The first kappa shape index (κ1) is 26.9. The van der Waals surface area contributed by atoms with Gasteiger partial charge in [0.05, 0.1) is 0 Å². The molecule has 1 unspecified atom stereocenters. The zero-order chi connectivity index (χ0) is 28.0. The maximum Gasteiger partial charge on any atom is 0.245 e. The zero-order valence-electron chi connectivity index (χ0n) is 23.2. The molecular weight excluding hydrogens is 596 g/mol. The number of ketones is 1. The highest BCUT2D eigenvalue weighted by molar-refractivity contribution is 6.05. The van der Waals surface area contributed by atoms with E-state index >= 15 is 0 Å². The Morgan fingerprint density at radius 2 is 1.37 bits per heavy atom. The van der Waals surface area contributed by atoms with E-state index in [1.807, 2.05) is 60.7 Å². The van der Waals surface area contributed by atoms with Gasteiger partial charge in [-0.15, -0.1) is 0 Å². The fourth-order valence-corrected chi connectivity index (χ4v) is 6.20. The highest BCUT2D eigenvalue weighted by Gasteiger charge is 2.28. The first-order chi connectivity index (χ1) is 20.7. The van der Waals surface area contributed by atoms with Crippen LogP contribution in [0.5, 0.6) is 0 Å². The highest BCUT2D eigenvalue weighted by atomic mass is 79.9. The second kappa shape index (κ2) is 11.0. The third-order valence-electron chi connectivity index (χ3n) is 8.23. The zero-order valence-corrected chi connectivity index (χ0v) is 24.8. The van der Waals surface area contributed by atoms with Crippen molar-refractivity contribution in [2.24, 2.45) is 0 Å². The van der Waals surface area contributed by atoms with Gasteiger partial charge in [-0.05, 0) is 47.2 Å². The van der Waals surface area contributed by atoms with Crippen molar-refractivity contribution in [2.75, 3.05) is 0 Å². The fourth-order valence-electron chi connectivity index (χ4n) is 6.20. The van der Waals surface area contributed by atoms with Crippen molar-refractivity contribution in [1.29, 1.82) is 0 Å². The Morgan fingerprint density at radius 1 is 0.651 bits per heavy atom. The fraction of sp³-hybridized carbons (Fsp3) is 0.0526. The Morgan fingerprint density at radius 3 is 2.26 bits per heavy atom. The van der Waals surface area contributed by atoms with Gasteiger partial charge in [-0.25, -0.2) is 9.13 Å². The number of rotatable bonds is 6. The van der Waals surface area contributed by atoms with Gasteiger partial charge in [0.1, 0.15) is 11.2 Å². The second-order valence-electron chi connectivity index (χ2n) is 10.8. The summed E-state index contributed by atoms with van der Waals surface area (Å²) in [5.74, 6) is 0.0798. The summed E-state index contributed by atoms with van der Waals surface area (Å²) < 4.78 is 10.5. The highest BCUT2D eigenvalue weighted by Crippen LogP contribution is 2.35. The summed E-state index contributed by atoms with van der Waals surface area (Å²) >= 11 is 0. The summed E-state index contributed by atoms with van der Waals surface area (Å²) in [6, 6.07) is 47.5. The number of fused-ring (bicyclic) bond motifs is 5. The first-order valence-electron chi connectivity index (χ1n) is 14.2. The normalized spacial score (nSPS) is 12.1. The molecule has 0 fully saturated rings. The van der Waals surface area contributed by atoms with Crippen LogP contribution >= 0.6 is 0 Å². The molecule has 0 amide bonds. The van der Waals surface area contributed by atoms with E-state index < -0.39 is 0 Å². The minimum absolute atomic E-state index is 0. The number of nitrogens with zero attached hydrogens (tertiary/aromatic N) is 2. The minimum atomic E-state index is -0.105. The molecule has 2 heterocycles. The predicted octanol–water partition coefficient (Wildman–Crippen LogP) is 5.51. The predicted molar refractivity (Wildman–Crippen MR) is 168 cm³/mol. The Labute approximate surface area is 259 Å². The van der Waals surface area contributed by atoms with Crippen LogP contribution in [0.1, 0.15) is 27.5 Å². The third kappa shape index (κ3) is 4.72. The van der Waals surface area contributed by atoms with Crippen LogP contribution in [0.2, 0.25) is 0 Å². The van der Waals surface area contributed by atoms with Crippen molar-refractivity contribution >= 4 is 49.5 Å². The van der Waals surface area contributed by atoms with Crippen LogP contribution in [0.4, 0.5) is 0 Å². The van der Waals surface area contributed by atoms with Gasteiger partial charge in [0.15, 0.2) is 23.6 Å². The number of halogens is 1. The maximum atomic E-state index is 13.6. The molecule has 0 aliphatic heterocycles. The van der Waals surface area contributed by atoms with Crippen LogP contribution in [0.25, 0.3) is 43.7 Å². The standard InChI is InChI=1S/C38H27N2O2.BrH/c41-35(29-19-18-26-10-4-5-13-28(26)22-29)24-39-25-40(34-16-8-7-15-33(34)39)38(27-11-2-1-3-12-27)30-20-21-37-32(23-30)31-14-6-9-17-36(31)42-37;/h1-23,25,38H,24H2;1H/q+1;/p-1. The smallest absolute Gasteiger partial charge is 0.245 e. The topological polar surface area (TPSA) is 39.0 Å². The summed E-state index contributed by atoms with van der Waals surface area (Å²) in [5.41, 5.74) is 6.87. The van der Waals surface area contributed by atoms with Crippen LogP contribution in [0.15, 0.2) is 150 Å². The lowest BCUT2D eigenvalue weighted by atomic mass is 9.96. The molecule has 0 N–H and O–H groups in total. The number of furan rings is 1. The lowest BCUT2D eigenvalue weighted by molar-refractivity contribution is -0.658. The molecule has 0 spiro atoms.